The van der Waals surface area contributed by atoms with Crippen molar-refractivity contribution >= 4 is 17.3 Å². The minimum atomic E-state index is -0.386. The zero-order valence-electron chi connectivity index (χ0n) is 33.7. The molecular formula is C45H65O3+. The summed E-state index contributed by atoms with van der Waals surface area (Å²) in [5.74, 6) is 0.828. The van der Waals surface area contributed by atoms with E-state index in [0.29, 0.717) is 0 Å². The van der Waals surface area contributed by atoms with Gasteiger partial charge in [-0.2, -0.15) is 0 Å². The van der Waals surface area contributed by atoms with Gasteiger partial charge in [-0.3, -0.25) is 14.4 Å². The molecule has 0 fully saturated rings. The van der Waals surface area contributed by atoms with Crippen LogP contribution in [-0.4, -0.2) is 17.3 Å². The van der Waals surface area contributed by atoms with Crippen LogP contribution in [-0.2, 0) is 14.4 Å². The number of Topliss-reactive ketones (excluding diaryl/α,β-unsaturated/α-hetero) is 3. The Balaban J connectivity index is 2.70. The molecule has 0 saturated heterocycles. The van der Waals surface area contributed by atoms with Crippen molar-refractivity contribution < 1.29 is 14.4 Å². The SMILES string of the molecule is CCC(C)(C)C1=CC(=C(C2=C[C+](C(C)(C)C)C(=O)C(C(C)(C)C)=C2)C2C=C(C(C)(C)C)C(=O)C(C(C)(C)C)=C2)C=C(C(C)(C)CC)C1=O. The number of hydrogen-bond donors (Lipinski definition) is 0. The molecule has 0 saturated carbocycles. The summed E-state index contributed by atoms with van der Waals surface area (Å²) in [5.41, 5.74) is 4.78. The second-order valence-electron chi connectivity index (χ2n) is 19.7. The van der Waals surface area contributed by atoms with Gasteiger partial charge in [-0.25, -0.2) is 0 Å². The van der Waals surface area contributed by atoms with E-state index in [1.807, 2.05) is 0 Å². The molecule has 0 unspecified atom stereocenters. The van der Waals surface area contributed by atoms with Crippen LogP contribution in [0, 0.1) is 44.3 Å². The molecule has 0 bridgehead atoms. The fourth-order valence-electron chi connectivity index (χ4n) is 6.67. The molecule has 3 aliphatic carbocycles. The first kappa shape index (κ1) is 39.5. The third kappa shape index (κ3) is 7.76. The zero-order valence-corrected chi connectivity index (χ0v) is 33.7. The van der Waals surface area contributed by atoms with Gasteiger partial charge in [0.15, 0.2) is 11.6 Å². The molecule has 0 amide bonds. The van der Waals surface area contributed by atoms with E-state index < -0.39 is 0 Å². The lowest BCUT2D eigenvalue weighted by Gasteiger charge is -2.36. The van der Waals surface area contributed by atoms with Crippen LogP contribution in [0.4, 0.5) is 0 Å². The van der Waals surface area contributed by atoms with E-state index in [0.717, 1.165) is 63.3 Å². The summed E-state index contributed by atoms with van der Waals surface area (Å²) < 4.78 is 0. The lowest BCUT2D eigenvalue weighted by atomic mass is 9.64. The number of rotatable bonds is 6. The fraction of sp³-hybridized carbons (Fsp3) is 0.600. The Morgan fingerprint density at radius 2 is 0.938 bits per heavy atom. The molecule has 0 aromatic carbocycles. The Morgan fingerprint density at radius 1 is 0.562 bits per heavy atom. The van der Waals surface area contributed by atoms with Gasteiger partial charge in [0.05, 0.1) is 17.7 Å². The molecule has 3 aliphatic rings. The highest BCUT2D eigenvalue weighted by atomic mass is 16.1. The predicted octanol–water partition coefficient (Wildman–Crippen LogP) is 11.8. The van der Waals surface area contributed by atoms with Crippen LogP contribution in [0.3, 0.4) is 0 Å². The van der Waals surface area contributed by atoms with Gasteiger partial charge >= 0.3 is 0 Å². The highest BCUT2D eigenvalue weighted by Gasteiger charge is 2.48. The maximum absolute atomic E-state index is 14.4. The number of hydrogen-bond acceptors (Lipinski definition) is 3. The molecular weight excluding hydrogens is 588 g/mol. The number of carbonyl (C=O) groups is 3. The molecule has 0 aromatic rings. The monoisotopic (exact) mass is 653 g/mol. The Hall–Kier alpha value is -2.94. The van der Waals surface area contributed by atoms with Crippen molar-refractivity contribution in [1.29, 1.82) is 0 Å². The van der Waals surface area contributed by atoms with Crippen molar-refractivity contribution in [3.8, 4) is 0 Å². The predicted molar refractivity (Wildman–Crippen MR) is 203 cm³/mol. The van der Waals surface area contributed by atoms with Gasteiger partial charge in [0, 0.05) is 44.6 Å². The van der Waals surface area contributed by atoms with Crippen LogP contribution in [0.2, 0.25) is 0 Å². The summed E-state index contributed by atoms with van der Waals surface area (Å²) >= 11 is 0. The lowest BCUT2D eigenvalue weighted by Crippen LogP contribution is -2.34. The molecule has 0 spiro atoms. The molecule has 48 heavy (non-hydrogen) atoms. The van der Waals surface area contributed by atoms with Crippen LogP contribution in [0.25, 0.3) is 0 Å². The van der Waals surface area contributed by atoms with Crippen molar-refractivity contribution in [2.24, 2.45) is 38.4 Å². The number of ketones is 3. The average molecular weight is 654 g/mol. The summed E-state index contributed by atoms with van der Waals surface area (Å²) in [7, 11) is 0. The van der Waals surface area contributed by atoms with Crippen LogP contribution in [0.1, 0.15) is 137 Å². The van der Waals surface area contributed by atoms with Crippen molar-refractivity contribution in [2.45, 2.75) is 137 Å². The lowest BCUT2D eigenvalue weighted by molar-refractivity contribution is -0.116. The van der Waals surface area contributed by atoms with E-state index in [1.54, 1.807) is 0 Å². The molecule has 0 aromatic heterocycles. The normalized spacial score (nSPS) is 19.5. The molecule has 0 heterocycles. The summed E-state index contributed by atoms with van der Waals surface area (Å²) in [6.45, 7) is 38.2. The summed E-state index contributed by atoms with van der Waals surface area (Å²) in [4.78, 5) is 42.6. The van der Waals surface area contributed by atoms with E-state index in [4.69, 9.17) is 0 Å². The maximum Gasteiger partial charge on any atom is 0.291 e. The number of carbonyl (C=O) groups excluding carboxylic acids is 3. The highest BCUT2D eigenvalue weighted by molar-refractivity contribution is 6.13. The molecule has 262 valence electrons. The third-order valence-corrected chi connectivity index (χ3v) is 10.8. The van der Waals surface area contributed by atoms with E-state index in [1.165, 1.54) is 0 Å². The second kappa shape index (κ2) is 12.7. The van der Waals surface area contributed by atoms with Crippen LogP contribution in [0.15, 0.2) is 81.0 Å². The van der Waals surface area contributed by atoms with E-state index >= 15 is 0 Å². The first-order valence-electron chi connectivity index (χ1n) is 18.1. The summed E-state index contributed by atoms with van der Waals surface area (Å²) in [5, 5.41) is 0. The first-order valence-corrected chi connectivity index (χ1v) is 18.1. The summed E-state index contributed by atoms with van der Waals surface area (Å²) in [6, 6.07) is 0. The second-order valence-corrected chi connectivity index (χ2v) is 19.7. The minimum Gasteiger partial charge on any atom is -0.289 e. The maximum atomic E-state index is 14.4. The van der Waals surface area contributed by atoms with Gasteiger partial charge in [0.2, 0.25) is 0 Å². The van der Waals surface area contributed by atoms with Gasteiger partial charge in [-0.1, -0.05) is 95.2 Å². The van der Waals surface area contributed by atoms with E-state index in [2.05, 4.69) is 161 Å². The molecule has 3 nitrogen and oxygen atoms in total. The van der Waals surface area contributed by atoms with E-state index in [-0.39, 0.29) is 55.8 Å². The van der Waals surface area contributed by atoms with Gasteiger partial charge in [0.1, 0.15) is 11.5 Å². The third-order valence-electron chi connectivity index (χ3n) is 10.8. The van der Waals surface area contributed by atoms with E-state index in [9.17, 15) is 14.4 Å². The molecule has 0 aliphatic heterocycles. The topological polar surface area (TPSA) is 51.2 Å². The zero-order chi connectivity index (χ0) is 37.2. The largest absolute Gasteiger partial charge is 0.291 e. The van der Waals surface area contributed by atoms with Gasteiger partial charge in [0.25, 0.3) is 5.78 Å². The first-order chi connectivity index (χ1) is 21.5. The average Bonchev–Trinajstić information content (AvgIpc) is 2.92. The van der Waals surface area contributed by atoms with Gasteiger partial charge < -0.3 is 0 Å². The molecule has 0 radical (unpaired) electrons. The highest BCUT2D eigenvalue weighted by Crippen LogP contribution is 2.49. The smallest absolute Gasteiger partial charge is 0.289 e. The minimum absolute atomic E-state index is 0.0873. The Kier molecular flexibility index (Phi) is 10.5. The van der Waals surface area contributed by atoms with Gasteiger partial charge in [-0.15, -0.1) is 0 Å². The Bertz CT molecular complexity index is 1520. The van der Waals surface area contributed by atoms with Crippen LogP contribution in [0.5, 0.6) is 0 Å². The number of allylic oxidation sites excluding steroid dienone is 14. The van der Waals surface area contributed by atoms with Crippen molar-refractivity contribution in [3.05, 3.63) is 87.0 Å². The molecule has 0 atom stereocenters. The molecule has 3 heteroatoms. The standard InChI is InChI=1S/C45H65O3/c1-19-44(15,16)34-25-29(26-35(39(34)48)45(17,18)20-2)36(27-21-30(40(3,4)5)37(46)31(22-27)41(6,7)8)28-23-32(42(9,10)11)38(47)33(24-28)43(12,13)14/h21-27H,19-20H2,1-18H3/q+1. The van der Waals surface area contributed by atoms with Crippen molar-refractivity contribution in [1.82, 2.24) is 0 Å². The van der Waals surface area contributed by atoms with Crippen LogP contribution < -0.4 is 0 Å². The fourth-order valence-corrected chi connectivity index (χ4v) is 6.67. The molecule has 0 N–H and O–H groups in total. The Morgan fingerprint density at radius 3 is 1.27 bits per heavy atom. The molecule has 3 rings (SSSR count). The van der Waals surface area contributed by atoms with Crippen LogP contribution >= 0.6 is 0 Å². The Labute approximate surface area is 293 Å². The quantitative estimate of drug-likeness (QED) is 0.268. The van der Waals surface area contributed by atoms with Gasteiger partial charge in [-0.05, 0) is 93.8 Å². The summed E-state index contributed by atoms with van der Waals surface area (Å²) in [6.07, 6.45) is 14.4. The van der Waals surface area contributed by atoms with Crippen molar-refractivity contribution in [2.75, 3.05) is 0 Å². The van der Waals surface area contributed by atoms with Crippen molar-refractivity contribution in [3.63, 3.8) is 0 Å².